The van der Waals surface area contributed by atoms with Gasteiger partial charge in [0.25, 0.3) is 0 Å². The third-order valence-electron chi connectivity index (χ3n) is 5.96. The molecule has 0 spiro atoms. The van der Waals surface area contributed by atoms with Crippen molar-refractivity contribution < 1.29 is 14.3 Å². The zero-order valence-electron chi connectivity index (χ0n) is 13.8. The van der Waals surface area contributed by atoms with Gasteiger partial charge in [0.2, 0.25) is 5.91 Å². The maximum absolute atomic E-state index is 12.7. The van der Waals surface area contributed by atoms with Crippen LogP contribution < -0.4 is 5.32 Å². The Labute approximate surface area is 154 Å². The molecule has 0 saturated heterocycles. The van der Waals surface area contributed by atoms with Crippen LogP contribution in [0.4, 0.5) is 5.69 Å². The Morgan fingerprint density at radius 3 is 2.67 bits per heavy atom. The predicted octanol–water partition coefficient (Wildman–Crippen LogP) is 4.60. The molecule has 1 aromatic rings. The molecule has 4 bridgehead atoms. The number of methoxy groups -OCH3 is 1. The van der Waals surface area contributed by atoms with Crippen molar-refractivity contribution in [2.45, 2.75) is 49.3 Å². The standard InChI is InChI=1S/C18H22BrNO3S/c1-23-16(22)15-13(2-3-24-15)20-14(21)9-17-5-11-4-12(6-17)8-18(19,7-11)10-17/h2-3,11-12H,4-10H2,1H3,(H,20,21). The quantitative estimate of drug-likeness (QED) is 0.581. The molecule has 1 amide bonds. The normalized spacial score (nSPS) is 36.6. The zero-order chi connectivity index (χ0) is 16.9. The number of carbonyl (C=O) groups excluding carboxylic acids is 2. The lowest BCUT2D eigenvalue weighted by atomic mass is 9.48. The molecule has 6 heteroatoms. The number of nitrogens with one attached hydrogen (secondary N) is 1. The number of esters is 1. The first kappa shape index (κ1) is 16.6. The smallest absolute Gasteiger partial charge is 0.350 e. The van der Waals surface area contributed by atoms with Crippen LogP contribution in [0.3, 0.4) is 0 Å². The molecule has 1 heterocycles. The lowest BCUT2D eigenvalue weighted by Gasteiger charge is -2.60. The Morgan fingerprint density at radius 1 is 1.33 bits per heavy atom. The Hall–Kier alpha value is -0.880. The molecule has 1 N–H and O–H groups in total. The molecule has 24 heavy (non-hydrogen) atoms. The summed E-state index contributed by atoms with van der Waals surface area (Å²) in [5.74, 6) is 1.17. The van der Waals surface area contributed by atoms with Gasteiger partial charge in [-0.1, -0.05) is 15.9 Å². The number of hydrogen-bond donors (Lipinski definition) is 1. The molecule has 0 aliphatic heterocycles. The van der Waals surface area contributed by atoms with Crippen LogP contribution in [-0.4, -0.2) is 23.3 Å². The van der Waals surface area contributed by atoms with Gasteiger partial charge in [-0.3, -0.25) is 4.79 Å². The van der Waals surface area contributed by atoms with Gasteiger partial charge in [-0.05, 0) is 67.2 Å². The second-order valence-electron chi connectivity index (χ2n) is 7.99. The van der Waals surface area contributed by atoms with E-state index in [0.29, 0.717) is 17.0 Å². The molecule has 0 radical (unpaired) electrons. The summed E-state index contributed by atoms with van der Waals surface area (Å²) in [6.45, 7) is 0. The van der Waals surface area contributed by atoms with Crippen molar-refractivity contribution >= 4 is 44.8 Å². The lowest BCUT2D eigenvalue weighted by molar-refractivity contribution is -0.123. The molecule has 4 saturated carbocycles. The summed E-state index contributed by atoms with van der Waals surface area (Å²) in [6.07, 6.45) is 7.90. The summed E-state index contributed by atoms with van der Waals surface area (Å²) < 4.78 is 5.04. The highest BCUT2D eigenvalue weighted by Gasteiger charge is 2.57. The molecular weight excluding hydrogens is 390 g/mol. The molecule has 130 valence electrons. The van der Waals surface area contributed by atoms with E-state index in [1.54, 1.807) is 11.4 Å². The van der Waals surface area contributed by atoms with E-state index in [1.807, 2.05) is 0 Å². The maximum Gasteiger partial charge on any atom is 0.350 e. The fourth-order valence-corrected chi connectivity index (χ4v) is 8.01. The predicted molar refractivity (Wildman–Crippen MR) is 97.7 cm³/mol. The number of thiophene rings is 1. The van der Waals surface area contributed by atoms with Gasteiger partial charge in [0.15, 0.2) is 0 Å². The van der Waals surface area contributed by atoms with Crippen LogP contribution in [0.2, 0.25) is 0 Å². The van der Waals surface area contributed by atoms with Gasteiger partial charge in [0, 0.05) is 10.7 Å². The van der Waals surface area contributed by atoms with E-state index in [4.69, 9.17) is 4.74 Å². The first-order chi connectivity index (χ1) is 11.4. The van der Waals surface area contributed by atoms with Crippen LogP contribution in [-0.2, 0) is 9.53 Å². The summed E-state index contributed by atoms with van der Waals surface area (Å²) in [5.41, 5.74) is 0.717. The second-order valence-corrected chi connectivity index (χ2v) is 10.6. The number of alkyl halides is 1. The van der Waals surface area contributed by atoms with E-state index >= 15 is 0 Å². The number of amides is 1. The van der Waals surface area contributed by atoms with Gasteiger partial charge < -0.3 is 10.1 Å². The Morgan fingerprint density at radius 2 is 2.04 bits per heavy atom. The van der Waals surface area contributed by atoms with Gasteiger partial charge >= 0.3 is 5.97 Å². The van der Waals surface area contributed by atoms with E-state index in [9.17, 15) is 9.59 Å². The first-order valence-electron chi connectivity index (χ1n) is 8.55. The Bertz CT molecular complexity index is 672. The number of hydrogen-bond acceptors (Lipinski definition) is 4. The van der Waals surface area contributed by atoms with Gasteiger partial charge in [0.1, 0.15) is 4.88 Å². The summed E-state index contributed by atoms with van der Waals surface area (Å²) in [6, 6.07) is 1.78. The van der Waals surface area contributed by atoms with Crippen LogP contribution in [0, 0.1) is 17.3 Å². The highest BCUT2D eigenvalue weighted by molar-refractivity contribution is 9.10. The largest absolute Gasteiger partial charge is 0.465 e. The second kappa shape index (κ2) is 5.84. The van der Waals surface area contributed by atoms with Crippen molar-refractivity contribution in [2.75, 3.05) is 12.4 Å². The molecule has 4 aliphatic carbocycles. The molecular formula is C18H22BrNO3S. The van der Waals surface area contributed by atoms with Crippen LogP contribution in [0.1, 0.15) is 54.6 Å². The summed E-state index contributed by atoms with van der Waals surface area (Å²) >= 11 is 5.29. The van der Waals surface area contributed by atoms with Crippen molar-refractivity contribution in [3.05, 3.63) is 16.3 Å². The molecule has 4 aliphatic rings. The van der Waals surface area contributed by atoms with E-state index in [0.717, 1.165) is 18.3 Å². The first-order valence-corrected chi connectivity index (χ1v) is 10.2. The molecule has 0 aromatic carbocycles. The average Bonchev–Trinajstić information content (AvgIpc) is 2.91. The fraction of sp³-hybridized carbons (Fsp3) is 0.667. The number of anilines is 1. The Kier molecular flexibility index (Phi) is 4.03. The highest BCUT2D eigenvalue weighted by atomic mass is 79.9. The van der Waals surface area contributed by atoms with Gasteiger partial charge in [-0.2, -0.15) is 0 Å². The van der Waals surface area contributed by atoms with Crippen molar-refractivity contribution in [3.8, 4) is 0 Å². The van der Waals surface area contributed by atoms with Gasteiger partial charge in [0.05, 0.1) is 12.8 Å². The maximum atomic E-state index is 12.7. The lowest BCUT2D eigenvalue weighted by Crippen LogP contribution is -2.53. The van der Waals surface area contributed by atoms with Crippen molar-refractivity contribution in [1.29, 1.82) is 0 Å². The van der Waals surface area contributed by atoms with Crippen molar-refractivity contribution in [2.24, 2.45) is 17.3 Å². The topological polar surface area (TPSA) is 55.4 Å². The molecule has 5 rings (SSSR count). The van der Waals surface area contributed by atoms with E-state index < -0.39 is 5.97 Å². The highest BCUT2D eigenvalue weighted by Crippen LogP contribution is 2.65. The van der Waals surface area contributed by atoms with Crippen molar-refractivity contribution in [3.63, 3.8) is 0 Å². The van der Waals surface area contributed by atoms with Crippen molar-refractivity contribution in [1.82, 2.24) is 0 Å². The fourth-order valence-electron chi connectivity index (χ4n) is 5.74. The summed E-state index contributed by atoms with van der Waals surface area (Å²) in [7, 11) is 1.36. The number of rotatable bonds is 4. The third-order valence-corrected chi connectivity index (χ3v) is 7.78. The summed E-state index contributed by atoms with van der Waals surface area (Å²) in [5, 5.41) is 4.75. The third kappa shape index (κ3) is 2.92. The monoisotopic (exact) mass is 411 g/mol. The van der Waals surface area contributed by atoms with E-state index in [-0.39, 0.29) is 15.6 Å². The Balaban J connectivity index is 1.47. The number of halogens is 1. The average molecular weight is 412 g/mol. The minimum Gasteiger partial charge on any atom is -0.465 e. The SMILES string of the molecule is COC(=O)c1sccc1NC(=O)CC12CC3CC(CC(Br)(C3)C1)C2. The number of carbonyl (C=O) groups is 2. The minimum atomic E-state index is -0.394. The molecule has 4 fully saturated rings. The zero-order valence-corrected chi connectivity index (χ0v) is 16.2. The van der Waals surface area contributed by atoms with Gasteiger partial charge in [-0.25, -0.2) is 4.79 Å². The summed E-state index contributed by atoms with van der Waals surface area (Å²) in [4.78, 5) is 24.9. The van der Waals surface area contributed by atoms with Crippen LogP contribution in [0.5, 0.6) is 0 Å². The molecule has 1 aromatic heterocycles. The van der Waals surface area contributed by atoms with Crippen LogP contribution in [0.15, 0.2) is 11.4 Å². The molecule has 2 atom stereocenters. The van der Waals surface area contributed by atoms with E-state index in [2.05, 4.69) is 21.2 Å². The van der Waals surface area contributed by atoms with Crippen LogP contribution >= 0.6 is 27.3 Å². The molecule has 2 unspecified atom stereocenters. The minimum absolute atomic E-state index is 0.0246. The number of ether oxygens (including phenoxy) is 1. The molecule has 4 nitrogen and oxygen atoms in total. The van der Waals surface area contributed by atoms with Gasteiger partial charge in [-0.15, -0.1) is 11.3 Å². The van der Waals surface area contributed by atoms with E-state index in [1.165, 1.54) is 50.6 Å². The van der Waals surface area contributed by atoms with Crippen LogP contribution in [0.25, 0.3) is 0 Å².